The molecule has 0 spiro atoms. The lowest BCUT2D eigenvalue weighted by molar-refractivity contribution is -0.149. The van der Waals surface area contributed by atoms with Gasteiger partial charge in [-0.3, -0.25) is 29.0 Å². The maximum absolute atomic E-state index is 12.4. The van der Waals surface area contributed by atoms with Crippen molar-refractivity contribution in [2.75, 3.05) is 13.1 Å². The van der Waals surface area contributed by atoms with Gasteiger partial charge in [0.25, 0.3) is 0 Å². The Balaban J connectivity index is 2.23. The third-order valence-electron chi connectivity index (χ3n) is 4.10. The minimum absolute atomic E-state index is 0.0601. The maximum atomic E-state index is 12.4. The third-order valence-corrected chi connectivity index (χ3v) is 4.10. The number of imide groups is 1. The number of carbonyl (C=O) groups is 4. The van der Waals surface area contributed by atoms with Gasteiger partial charge >= 0.3 is 5.97 Å². The molecule has 2 heterocycles. The Bertz CT molecular complexity index is 492. The Morgan fingerprint density at radius 3 is 2.67 bits per heavy atom. The van der Waals surface area contributed by atoms with E-state index in [0.29, 0.717) is 6.42 Å². The van der Waals surface area contributed by atoms with E-state index in [1.165, 1.54) is 9.80 Å². The number of carboxylic acid groups (broad SMARTS) is 1. The summed E-state index contributed by atoms with van der Waals surface area (Å²) < 4.78 is 0. The highest BCUT2D eigenvalue weighted by molar-refractivity contribution is 6.06. The topological polar surface area (TPSA) is 107 Å². The molecular formula is C13H19N3O5. The van der Waals surface area contributed by atoms with Crippen LogP contribution in [0.25, 0.3) is 0 Å². The second kappa shape index (κ2) is 5.80. The van der Waals surface area contributed by atoms with Crippen LogP contribution in [0, 0.1) is 0 Å². The molecule has 3 amide bonds. The largest absolute Gasteiger partial charge is 0.480 e. The van der Waals surface area contributed by atoms with Crippen LogP contribution in [0.4, 0.5) is 0 Å². The summed E-state index contributed by atoms with van der Waals surface area (Å²) in [4.78, 5) is 49.8. The minimum atomic E-state index is -1.11. The molecule has 0 radical (unpaired) electrons. The standard InChI is InChI=1S/C13H19N3O5/c1-3-7(2)16-11(18)4-8(12(16)19)15-6-10(17)14-5-9(15)13(20)21/h7-9H,3-6H2,1-2H3,(H,14,17)(H,20,21). The highest BCUT2D eigenvalue weighted by Crippen LogP contribution is 2.24. The molecular weight excluding hydrogens is 278 g/mol. The summed E-state index contributed by atoms with van der Waals surface area (Å²) in [6.07, 6.45) is 0.563. The lowest BCUT2D eigenvalue weighted by atomic mass is 10.1. The van der Waals surface area contributed by atoms with E-state index in [1.54, 1.807) is 6.92 Å². The number of rotatable bonds is 4. The minimum Gasteiger partial charge on any atom is -0.480 e. The number of likely N-dealkylation sites (tertiary alicyclic amines) is 1. The Morgan fingerprint density at radius 1 is 1.43 bits per heavy atom. The lowest BCUT2D eigenvalue weighted by Gasteiger charge is -2.35. The molecule has 0 aromatic heterocycles. The number of piperazine rings is 1. The average Bonchev–Trinajstić information content (AvgIpc) is 2.72. The van der Waals surface area contributed by atoms with E-state index in [9.17, 15) is 24.3 Å². The summed E-state index contributed by atoms with van der Waals surface area (Å²) in [7, 11) is 0. The summed E-state index contributed by atoms with van der Waals surface area (Å²) in [6.45, 7) is 3.40. The third kappa shape index (κ3) is 2.76. The summed E-state index contributed by atoms with van der Waals surface area (Å²) >= 11 is 0. The Morgan fingerprint density at radius 2 is 2.10 bits per heavy atom. The first-order valence-corrected chi connectivity index (χ1v) is 6.98. The summed E-state index contributed by atoms with van der Waals surface area (Å²) in [5.74, 6) is -2.17. The van der Waals surface area contributed by atoms with Crippen molar-refractivity contribution in [3.05, 3.63) is 0 Å². The fourth-order valence-corrected chi connectivity index (χ4v) is 2.76. The Kier molecular flexibility index (Phi) is 4.26. The van der Waals surface area contributed by atoms with E-state index in [4.69, 9.17) is 0 Å². The van der Waals surface area contributed by atoms with Gasteiger partial charge in [-0.15, -0.1) is 0 Å². The molecule has 0 aromatic rings. The zero-order valence-corrected chi connectivity index (χ0v) is 12.0. The second-order valence-electron chi connectivity index (χ2n) is 5.41. The second-order valence-corrected chi connectivity index (χ2v) is 5.41. The number of amides is 3. The number of nitrogens with one attached hydrogen (secondary N) is 1. The van der Waals surface area contributed by atoms with Crippen LogP contribution in [-0.2, 0) is 19.2 Å². The van der Waals surface area contributed by atoms with Crippen molar-refractivity contribution < 1.29 is 24.3 Å². The highest BCUT2D eigenvalue weighted by atomic mass is 16.4. The molecule has 0 saturated carbocycles. The van der Waals surface area contributed by atoms with Gasteiger partial charge in [-0.1, -0.05) is 6.92 Å². The van der Waals surface area contributed by atoms with Crippen LogP contribution in [0.3, 0.4) is 0 Å². The fraction of sp³-hybridized carbons (Fsp3) is 0.692. The number of nitrogens with zero attached hydrogens (tertiary/aromatic N) is 2. The molecule has 2 aliphatic rings. The molecule has 2 N–H and O–H groups in total. The maximum Gasteiger partial charge on any atom is 0.322 e. The van der Waals surface area contributed by atoms with Crippen molar-refractivity contribution in [2.24, 2.45) is 0 Å². The van der Waals surface area contributed by atoms with Gasteiger partial charge in [0.05, 0.1) is 19.0 Å². The van der Waals surface area contributed by atoms with E-state index >= 15 is 0 Å². The number of aliphatic carboxylic acids is 1. The van der Waals surface area contributed by atoms with E-state index in [2.05, 4.69) is 5.32 Å². The summed E-state index contributed by atoms with van der Waals surface area (Å²) in [5.41, 5.74) is 0. The number of hydrogen-bond acceptors (Lipinski definition) is 5. The molecule has 2 rings (SSSR count). The summed E-state index contributed by atoms with van der Waals surface area (Å²) in [6, 6.07) is -2.07. The van der Waals surface area contributed by atoms with Crippen LogP contribution in [0.15, 0.2) is 0 Å². The molecule has 8 heteroatoms. The number of hydrogen-bond donors (Lipinski definition) is 2. The van der Waals surface area contributed by atoms with Crippen molar-refractivity contribution in [3.63, 3.8) is 0 Å². The normalized spacial score (nSPS) is 28.7. The predicted molar refractivity (Wildman–Crippen MR) is 71.2 cm³/mol. The quantitative estimate of drug-likeness (QED) is 0.631. The van der Waals surface area contributed by atoms with Crippen molar-refractivity contribution in [1.29, 1.82) is 0 Å². The SMILES string of the molecule is CCC(C)N1C(=O)CC(N2CC(=O)NCC2C(=O)O)C1=O. The van der Waals surface area contributed by atoms with Crippen LogP contribution >= 0.6 is 0 Å². The van der Waals surface area contributed by atoms with Gasteiger partial charge in [-0.2, -0.15) is 0 Å². The van der Waals surface area contributed by atoms with Crippen LogP contribution in [0.2, 0.25) is 0 Å². The lowest BCUT2D eigenvalue weighted by Crippen LogP contribution is -2.62. The van der Waals surface area contributed by atoms with E-state index in [1.807, 2.05) is 6.92 Å². The molecule has 3 atom stereocenters. The zero-order valence-electron chi connectivity index (χ0n) is 12.0. The van der Waals surface area contributed by atoms with E-state index in [-0.39, 0.29) is 37.4 Å². The van der Waals surface area contributed by atoms with E-state index in [0.717, 1.165) is 0 Å². The molecule has 0 bridgehead atoms. The highest BCUT2D eigenvalue weighted by Gasteiger charge is 2.48. The van der Waals surface area contributed by atoms with Gasteiger partial charge in [0.15, 0.2) is 0 Å². The molecule has 3 unspecified atom stereocenters. The van der Waals surface area contributed by atoms with Crippen LogP contribution < -0.4 is 5.32 Å². The monoisotopic (exact) mass is 297 g/mol. The van der Waals surface area contributed by atoms with Gasteiger partial charge in [0.1, 0.15) is 6.04 Å². The van der Waals surface area contributed by atoms with Gasteiger partial charge in [0, 0.05) is 12.6 Å². The smallest absolute Gasteiger partial charge is 0.322 e. The molecule has 21 heavy (non-hydrogen) atoms. The molecule has 0 aromatic carbocycles. The molecule has 2 saturated heterocycles. The number of carboxylic acids is 1. The summed E-state index contributed by atoms with van der Waals surface area (Å²) in [5, 5.41) is 11.7. The first-order valence-electron chi connectivity index (χ1n) is 6.98. The zero-order chi connectivity index (χ0) is 15.7. The van der Waals surface area contributed by atoms with Crippen molar-refractivity contribution in [3.8, 4) is 0 Å². The molecule has 116 valence electrons. The van der Waals surface area contributed by atoms with Crippen LogP contribution in [0.5, 0.6) is 0 Å². The van der Waals surface area contributed by atoms with E-state index < -0.39 is 24.0 Å². The molecule has 2 fully saturated rings. The molecule has 8 nitrogen and oxygen atoms in total. The van der Waals surface area contributed by atoms with Gasteiger partial charge in [-0.25, -0.2) is 0 Å². The van der Waals surface area contributed by atoms with Gasteiger partial charge in [0.2, 0.25) is 17.7 Å². The van der Waals surface area contributed by atoms with Gasteiger partial charge < -0.3 is 10.4 Å². The first kappa shape index (κ1) is 15.4. The van der Waals surface area contributed by atoms with Crippen molar-refractivity contribution >= 4 is 23.7 Å². The fourth-order valence-electron chi connectivity index (χ4n) is 2.76. The Hall–Kier alpha value is -1.96. The Labute approximate surface area is 122 Å². The first-order chi connectivity index (χ1) is 9.86. The molecule has 2 aliphatic heterocycles. The van der Waals surface area contributed by atoms with Crippen molar-refractivity contribution in [2.45, 2.75) is 44.8 Å². The number of carbonyl (C=O) groups excluding carboxylic acids is 3. The molecule has 0 aliphatic carbocycles. The van der Waals surface area contributed by atoms with Crippen molar-refractivity contribution in [1.82, 2.24) is 15.1 Å². The van der Waals surface area contributed by atoms with Crippen LogP contribution in [0.1, 0.15) is 26.7 Å². The predicted octanol–water partition coefficient (Wildman–Crippen LogP) is -1.20. The van der Waals surface area contributed by atoms with Gasteiger partial charge in [-0.05, 0) is 13.3 Å². The average molecular weight is 297 g/mol. The van der Waals surface area contributed by atoms with Crippen LogP contribution in [-0.4, -0.2) is 69.8 Å².